The maximum Gasteiger partial charge on any atom is 0.336 e. The minimum absolute atomic E-state index is 0.0799. The number of phenolic OH excluding ortho intramolecular Hbond substituents is 1. The van der Waals surface area contributed by atoms with Crippen molar-refractivity contribution < 1.29 is 14.8 Å². The smallest absolute Gasteiger partial charge is 0.336 e. The van der Waals surface area contributed by atoms with Crippen LogP contribution >= 0.6 is 11.6 Å². The highest BCUT2D eigenvalue weighted by Crippen LogP contribution is 2.21. The van der Waals surface area contributed by atoms with Crippen molar-refractivity contribution in [1.29, 1.82) is 0 Å². The molecule has 0 amide bonds. The zero-order chi connectivity index (χ0) is 16.4. The number of nitrogens with two attached hydrogens (primary N) is 1. The summed E-state index contributed by atoms with van der Waals surface area (Å²) in [5.41, 5.74) is 2.04. The highest BCUT2D eigenvalue weighted by Gasteiger charge is 2.12. The highest BCUT2D eigenvalue weighted by molar-refractivity contribution is 6.30. The maximum absolute atomic E-state index is 11.7. The molecule has 1 aromatic heterocycles. The molecule has 4 nitrogen and oxygen atoms in total. The van der Waals surface area contributed by atoms with Gasteiger partial charge in [0, 0.05) is 33.7 Å². The molecule has 0 saturated heterocycles. The molecule has 1 heterocycles. The van der Waals surface area contributed by atoms with Gasteiger partial charge in [0.2, 0.25) is 0 Å². The second-order valence-corrected chi connectivity index (χ2v) is 5.99. The van der Waals surface area contributed by atoms with Crippen LogP contribution in [0.2, 0.25) is 5.02 Å². The Labute approximate surface area is 138 Å². The van der Waals surface area contributed by atoms with Gasteiger partial charge in [0.1, 0.15) is 23.9 Å². The highest BCUT2D eigenvalue weighted by atomic mass is 35.5. The lowest BCUT2D eigenvalue weighted by Gasteiger charge is -2.12. The molecule has 0 aliphatic carbocycles. The summed E-state index contributed by atoms with van der Waals surface area (Å²) < 4.78 is 5.14. The molecule has 3 rings (SSSR count). The largest absolute Gasteiger partial charge is 0.508 e. The maximum atomic E-state index is 11.7. The molecule has 0 unspecified atom stereocenters. The Hall–Kier alpha value is -2.30. The van der Waals surface area contributed by atoms with E-state index in [4.69, 9.17) is 16.0 Å². The summed E-state index contributed by atoms with van der Waals surface area (Å²) in [5.74, 6) is 0.0799. The van der Waals surface area contributed by atoms with Gasteiger partial charge in [-0.2, -0.15) is 0 Å². The lowest BCUT2D eigenvalue weighted by atomic mass is 10.1. The first kappa shape index (κ1) is 15.6. The molecular formula is C18H17ClNO3+. The Balaban J connectivity index is 1.84. The lowest BCUT2D eigenvalue weighted by Crippen LogP contribution is -2.83. The zero-order valence-corrected chi connectivity index (χ0v) is 13.4. The van der Waals surface area contributed by atoms with Crippen LogP contribution in [0.1, 0.15) is 24.1 Å². The predicted molar refractivity (Wildman–Crippen MR) is 89.6 cm³/mol. The third-order valence-electron chi connectivity index (χ3n) is 3.90. The van der Waals surface area contributed by atoms with Gasteiger partial charge in [-0.3, -0.25) is 0 Å². The standard InChI is InChI=1S/C18H16ClNO3/c1-11(12-2-4-14(19)5-3-12)20-10-13-8-18(22)23-17-9-15(21)6-7-16(13)17/h2-9,11,20-21H,10H2,1H3/p+1/t11-/m0/s1. The molecule has 0 aliphatic rings. The molecule has 0 spiro atoms. The molecule has 0 radical (unpaired) electrons. The van der Waals surface area contributed by atoms with E-state index in [2.05, 4.69) is 12.2 Å². The summed E-state index contributed by atoms with van der Waals surface area (Å²) >= 11 is 5.91. The fourth-order valence-electron chi connectivity index (χ4n) is 2.59. The molecule has 1 atom stereocenters. The van der Waals surface area contributed by atoms with Crippen molar-refractivity contribution in [2.75, 3.05) is 0 Å². The summed E-state index contributed by atoms with van der Waals surface area (Å²) in [6.07, 6.45) is 0. The number of rotatable bonds is 4. The van der Waals surface area contributed by atoms with Crippen LogP contribution in [-0.4, -0.2) is 5.11 Å². The molecule has 3 N–H and O–H groups in total. The molecule has 3 aromatic rings. The van der Waals surface area contributed by atoms with Gasteiger partial charge < -0.3 is 14.8 Å². The number of benzene rings is 2. The van der Waals surface area contributed by atoms with Gasteiger partial charge in [0.15, 0.2) is 0 Å². The van der Waals surface area contributed by atoms with Crippen molar-refractivity contribution in [3.8, 4) is 5.75 Å². The number of phenols is 1. The van der Waals surface area contributed by atoms with E-state index in [-0.39, 0.29) is 11.8 Å². The third kappa shape index (κ3) is 3.55. The van der Waals surface area contributed by atoms with Crippen molar-refractivity contribution in [3.05, 3.63) is 75.1 Å². The molecule has 2 aromatic carbocycles. The Morgan fingerprint density at radius 1 is 1.17 bits per heavy atom. The van der Waals surface area contributed by atoms with Crippen LogP contribution in [0, 0.1) is 0 Å². The van der Waals surface area contributed by atoms with Gasteiger partial charge in [-0.25, -0.2) is 4.79 Å². The number of fused-ring (bicyclic) bond motifs is 1. The fraction of sp³-hybridized carbons (Fsp3) is 0.167. The molecular weight excluding hydrogens is 314 g/mol. The van der Waals surface area contributed by atoms with Crippen molar-refractivity contribution in [1.82, 2.24) is 0 Å². The van der Waals surface area contributed by atoms with Gasteiger partial charge in [-0.15, -0.1) is 0 Å². The van der Waals surface area contributed by atoms with Crippen LogP contribution in [0.25, 0.3) is 11.0 Å². The summed E-state index contributed by atoms with van der Waals surface area (Å²) in [4.78, 5) is 11.7. The van der Waals surface area contributed by atoms with Crippen molar-refractivity contribution in [3.63, 3.8) is 0 Å². The monoisotopic (exact) mass is 330 g/mol. The number of quaternary nitrogens is 1. The number of aromatic hydroxyl groups is 1. The Kier molecular flexibility index (Phi) is 4.37. The van der Waals surface area contributed by atoms with Gasteiger partial charge in [-0.1, -0.05) is 23.7 Å². The summed E-state index contributed by atoms with van der Waals surface area (Å²) in [7, 11) is 0. The van der Waals surface area contributed by atoms with Crippen LogP contribution < -0.4 is 10.9 Å². The Bertz CT molecular complexity index is 887. The average Bonchev–Trinajstić information content (AvgIpc) is 2.52. The molecule has 0 bridgehead atoms. The molecule has 0 aliphatic heterocycles. The van der Waals surface area contributed by atoms with E-state index in [9.17, 15) is 9.90 Å². The molecule has 0 saturated carbocycles. The summed E-state index contributed by atoms with van der Waals surface area (Å²) in [6.45, 7) is 2.74. The van der Waals surface area contributed by atoms with Crippen molar-refractivity contribution in [2.24, 2.45) is 0 Å². The number of hydrogen-bond acceptors (Lipinski definition) is 3. The van der Waals surface area contributed by atoms with E-state index in [1.165, 1.54) is 17.7 Å². The van der Waals surface area contributed by atoms with E-state index in [1.54, 1.807) is 12.1 Å². The Morgan fingerprint density at radius 2 is 1.91 bits per heavy atom. The molecule has 118 valence electrons. The predicted octanol–water partition coefficient (Wildman–Crippen LogP) is 2.98. The van der Waals surface area contributed by atoms with Gasteiger partial charge in [-0.05, 0) is 31.2 Å². The number of halogens is 1. The second kappa shape index (κ2) is 6.44. The fourth-order valence-corrected chi connectivity index (χ4v) is 2.72. The van der Waals surface area contributed by atoms with E-state index in [0.717, 1.165) is 10.9 Å². The molecule has 0 fully saturated rings. The van der Waals surface area contributed by atoms with E-state index in [0.29, 0.717) is 17.2 Å². The first-order valence-corrected chi connectivity index (χ1v) is 7.75. The minimum Gasteiger partial charge on any atom is -0.508 e. The molecule has 5 heteroatoms. The quantitative estimate of drug-likeness (QED) is 0.723. The first-order valence-electron chi connectivity index (χ1n) is 7.37. The van der Waals surface area contributed by atoms with Gasteiger partial charge in [0.25, 0.3) is 0 Å². The third-order valence-corrected chi connectivity index (χ3v) is 4.15. The van der Waals surface area contributed by atoms with Crippen LogP contribution in [0.15, 0.2) is 57.7 Å². The van der Waals surface area contributed by atoms with Crippen molar-refractivity contribution >= 4 is 22.6 Å². The molecule has 23 heavy (non-hydrogen) atoms. The number of hydrogen-bond donors (Lipinski definition) is 2. The van der Waals surface area contributed by atoms with E-state index >= 15 is 0 Å². The van der Waals surface area contributed by atoms with Crippen LogP contribution in [-0.2, 0) is 6.54 Å². The van der Waals surface area contributed by atoms with E-state index < -0.39 is 5.63 Å². The normalized spacial score (nSPS) is 12.4. The zero-order valence-electron chi connectivity index (χ0n) is 12.6. The minimum atomic E-state index is -0.411. The SMILES string of the molecule is C[C@H]([NH2+]Cc1cc(=O)oc2cc(O)ccc12)c1ccc(Cl)cc1. The van der Waals surface area contributed by atoms with Crippen LogP contribution in [0.3, 0.4) is 0 Å². The first-order chi connectivity index (χ1) is 11.0. The summed E-state index contributed by atoms with van der Waals surface area (Å²) in [6, 6.07) is 14.3. The second-order valence-electron chi connectivity index (χ2n) is 5.55. The average molecular weight is 331 g/mol. The summed E-state index contributed by atoms with van der Waals surface area (Å²) in [5, 5.41) is 13.2. The van der Waals surface area contributed by atoms with Gasteiger partial charge in [0.05, 0.1) is 0 Å². The lowest BCUT2D eigenvalue weighted by molar-refractivity contribution is -0.707. The van der Waals surface area contributed by atoms with E-state index in [1.807, 2.05) is 24.3 Å². The topological polar surface area (TPSA) is 67.0 Å². The van der Waals surface area contributed by atoms with Crippen molar-refractivity contribution in [2.45, 2.75) is 19.5 Å². The Morgan fingerprint density at radius 3 is 2.65 bits per heavy atom. The van der Waals surface area contributed by atoms with Gasteiger partial charge >= 0.3 is 5.63 Å². The van der Waals surface area contributed by atoms with Crippen LogP contribution in [0.4, 0.5) is 0 Å². The van der Waals surface area contributed by atoms with Crippen LogP contribution in [0.5, 0.6) is 5.75 Å².